The second-order valence-corrected chi connectivity index (χ2v) is 6.54. The van der Waals surface area contributed by atoms with Crippen LogP contribution in [-0.4, -0.2) is 17.9 Å². The summed E-state index contributed by atoms with van der Waals surface area (Å²) in [6.07, 6.45) is 4.28. The van der Waals surface area contributed by atoms with E-state index in [2.05, 4.69) is 10.6 Å². The highest BCUT2D eigenvalue weighted by molar-refractivity contribution is 5.93. The van der Waals surface area contributed by atoms with Crippen LogP contribution >= 0.6 is 0 Å². The number of amides is 2. The first-order valence-electron chi connectivity index (χ1n) is 8.20. The number of nitrogens with one attached hydrogen (secondary N) is 2. The SMILES string of the molecule is O=C(Nc1ccc(F)c(F)c1F)C1CCC(C(=O)NC2CC2)CC1. The first-order chi connectivity index (χ1) is 11.5. The number of benzene rings is 1. The first-order valence-corrected chi connectivity index (χ1v) is 8.20. The van der Waals surface area contributed by atoms with E-state index < -0.39 is 23.4 Å². The van der Waals surface area contributed by atoms with Gasteiger partial charge in [0.15, 0.2) is 17.5 Å². The van der Waals surface area contributed by atoms with Gasteiger partial charge in [-0.2, -0.15) is 0 Å². The van der Waals surface area contributed by atoms with Crippen LogP contribution in [-0.2, 0) is 9.59 Å². The Morgan fingerprint density at radius 3 is 2.00 bits per heavy atom. The Bertz CT molecular complexity index is 653. The van der Waals surface area contributed by atoms with Crippen LogP contribution in [0.3, 0.4) is 0 Å². The molecule has 24 heavy (non-hydrogen) atoms. The maximum absolute atomic E-state index is 13.6. The van der Waals surface area contributed by atoms with Crippen molar-refractivity contribution in [2.24, 2.45) is 11.8 Å². The van der Waals surface area contributed by atoms with E-state index in [1.807, 2.05) is 0 Å². The van der Waals surface area contributed by atoms with Crippen LogP contribution in [0, 0.1) is 29.3 Å². The number of hydrogen-bond donors (Lipinski definition) is 2. The van der Waals surface area contributed by atoms with Crippen LogP contribution in [0.4, 0.5) is 18.9 Å². The van der Waals surface area contributed by atoms with Crippen molar-refractivity contribution in [3.63, 3.8) is 0 Å². The monoisotopic (exact) mass is 340 g/mol. The molecule has 0 radical (unpaired) electrons. The number of carbonyl (C=O) groups is 2. The third kappa shape index (κ3) is 3.71. The van der Waals surface area contributed by atoms with Crippen molar-refractivity contribution in [3.8, 4) is 0 Å². The normalized spacial score (nSPS) is 23.6. The van der Waals surface area contributed by atoms with Gasteiger partial charge in [-0.3, -0.25) is 9.59 Å². The standard InChI is InChI=1S/C17H19F3N2O2/c18-12-7-8-13(15(20)14(12)19)22-17(24)10-3-1-9(2-4-10)16(23)21-11-5-6-11/h7-11H,1-6H2,(H,21,23)(H,22,24). The molecule has 2 aliphatic rings. The molecule has 0 bridgehead atoms. The van der Waals surface area contributed by atoms with Gasteiger partial charge in [0.2, 0.25) is 11.8 Å². The van der Waals surface area contributed by atoms with E-state index in [0.717, 1.165) is 25.0 Å². The maximum atomic E-state index is 13.6. The lowest BCUT2D eigenvalue weighted by Gasteiger charge is -2.27. The van der Waals surface area contributed by atoms with Crippen LogP contribution < -0.4 is 10.6 Å². The summed E-state index contributed by atoms with van der Waals surface area (Å²) in [7, 11) is 0. The fourth-order valence-electron chi connectivity index (χ4n) is 3.02. The maximum Gasteiger partial charge on any atom is 0.227 e. The zero-order valence-corrected chi connectivity index (χ0v) is 13.1. The van der Waals surface area contributed by atoms with Crippen LogP contribution in [0.2, 0.25) is 0 Å². The number of anilines is 1. The van der Waals surface area contributed by atoms with Crippen molar-refractivity contribution < 1.29 is 22.8 Å². The van der Waals surface area contributed by atoms with E-state index in [-0.39, 0.29) is 23.4 Å². The highest BCUT2D eigenvalue weighted by Crippen LogP contribution is 2.31. The predicted octanol–water partition coefficient (Wildman–Crippen LogP) is 3.13. The van der Waals surface area contributed by atoms with Crippen LogP contribution in [0.1, 0.15) is 38.5 Å². The summed E-state index contributed by atoms with van der Waals surface area (Å²) < 4.78 is 39.7. The molecule has 0 atom stereocenters. The molecule has 0 aliphatic heterocycles. The molecule has 1 aromatic carbocycles. The van der Waals surface area contributed by atoms with Gasteiger partial charge in [0, 0.05) is 17.9 Å². The topological polar surface area (TPSA) is 58.2 Å². The van der Waals surface area contributed by atoms with Crippen molar-refractivity contribution in [2.75, 3.05) is 5.32 Å². The van der Waals surface area contributed by atoms with Crippen molar-refractivity contribution in [3.05, 3.63) is 29.6 Å². The summed E-state index contributed by atoms with van der Waals surface area (Å²) in [5.74, 6) is -5.14. The van der Waals surface area contributed by atoms with Gasteiger partial charge >= 0.3 is 0 Å². The largest absolute Gasteiger partial charge is 0.353 e. The molecular formula is C17H19F3N2O2. The second kappa shape index (κ2) is 6.83. The lowest BCUT2D eigenvalue weighted by atomic mass is 9.81. The van der Waals surface area contributed by atoms with Crippen molar-refractivity contribution in [1.82, 2.24) is 5.32 Å². The molecule has 2 aliphatic carbocycles. The molecule has 4 nitrogen and oxygen atoms in total. The van der Waals surface area contributed by atoms with Crippen molar-refractivity contribution in [1.29, 1.82) is 0 Å². The minimum absolute atomic E-state index is 0.0445. The molecule has 2 saturated carbocycles. The molecular weight excluding hydrogens is 321 g/mol. The number of rotatable bonds is 4. The first kappa shape index (κ1) is 16.8. The molecule has 0 saturated heterocycles. The molecule has 0 unspecified atom stereocenters. The van der Waals surface area contributed by atoms with Gasteiger partial charge in [-0.05, 0) is 50.7 Å². The van der Waals surface area contributed by atoms with E-state index in [4.69, 9.17) is 0 Å². The third-order valence-electron chi connectivity index (χ3n) is 4.69. The molecule has 2 amide bonds. The summed E-state index contributed by atoms with van der Waals surface area (Å²) in [5.41, 5.74) is -0.368. The Morgan fingerprint density at radius 1 is 0.833 bits per heavy atom. The lowest BCUT2D eigenvalue weighted by molar-refractivity contribution is -0.128. The summed E-state index contributed by atoms with van der Waals surface area (Å²) >= 11 is 0. The summed E-state index contributed by atoms with van der Waals surface area (Å²) in [4.78, 5) is 24.2. The minimum Gasteiger partial charge on any atom is -0.353 e. The third-order valence-corrected chi connectivity index (χ3v) is 4.69. The van der Waals surface area contributed by atoms with Crippen molar-refractivity contribution in [2.45, 2.75) is 44.6 Å². The van der Waals surface area contributed by atoms with Gasteiger partial charge < -0.3 is 10.6 Å². The quantitative estimate of drug-likeness (QED) is 0.828. The number of hydrogen-bond acceptors (Lipinski definition) is 2. The summed E-state index contributed by atoms with van der Waals surface area (Å²) in [6, 6.07) is 2.09. The number of halogens is 3. The van der Waals surface area contributed by atoms with Gasteiger partial charge in [0.05, 0.1) is 5.69 Å². The molecule has 0 aromatic heterocycles. The molecule has 1 aromatic rings. The zero-order valence-electron chi connectivity index (χ0n) is 13.1. The zero-order chi connectivity index (χ0) is 17.3. The molecule has 0 spiro atoms. The minimum atomic E-state index is -1.60. The molecule has 130 valence electrons. The molecule has 3 rings (SSSR count). The summed E-state index contributed by atoms with van der Waals surface area (Å²) in [6.45, 7) is 0. The Morgan fingerprint density at radius 2 is 1.42 bits per heavy atom. The van der Waals surface area contributed by atoms with Crippen molar-refractivity contribution >= 4 is 17.5 Å². The van der Waals surface area contributed by atoms with Crippen LogP contribution in [0.25, 0.3) is 0 Å². The van der Waals surface area contributed by atoms with E-state index in [0.29, 0.717) is 31.7 Å². The van der Waals surface area contributed by atoms with Gasteiger partial charge in [0.25, 0.3) is 0 Å². The average molecular weight is 340 g/mol. The fraction of sp³-hybridized carbons (Fsp3) is 0.529. The van der Waals surface area contributed by atoms with Gasteiger partial charge in [0.1, 0.15) is 0 Å². The molecule has 0 heterocycles. The fourth-order valence-corrected chi connectivity index (χ4v) is 3.02. The molecule has 2 fully saturated rings. The Kier molecular flexibility index (Phi) is 4.78. The lowest BCUT2D eigenvalue weighted by Crippen LogP contribution is -2.36. The Balaban J connectivity index is 1.53. The highest BCUT2D eigenvalue weighted by atomic mass is 19.2. The van der Waals surface area contributed by atoms with Gasteiger partial charge in [-0.25, -0.2) is 13.2 Å². The average Bonchev–Trinajstić information content (AvgIpc) is 3.39. The van der Waals surface area contributed by atoms with E-state index in [1.165, 1.54) is 0 Å². The van der Waals surface area contributed by atoms with Crippen LogP contribution in [0.15, 0.2) is 12.1 Å². The summed E-state index contributed by atoms with van der Waals surface area (Å²) in [5, 5.41) is 5.27. The second-order valence-electron chi connectivity index (χ2n) is 6.54. The Labute approximate surface area is 137 Å². The number of carbonyl (C=O) groups excluding carboxylic acids is 2. The molecule has 2 N–H and O–H groups in total. The van der Waals surface area contributed by atoms with Gasteiger partial charge in [-0.1, -0.05) is 0 Å². The smallest absolute Gasteiger partial charge is 0.227 e. The van der Waals surface area contributed by atoms with E-state index in [1.54, 1.807) is 0 Å². The van der Waals surface area contributed by atoms with Gasteiger partial charge in [-0.15, -0.1) is 0 Å². The van der Waals surface area contributed by atoms with Crippen LogP contribution in [0.5, 0.6) is 0 Å². The Hall–Kier alpha value is -2.05. The van der Waals surface area contributed by atoms with E-state index in [9.17, 15) is 22.8 Å². The highest BCUT2D eigenvalue weighted by Gasteiger charge is 2.33. The predicted molar refractivity (Wildman–Crippen MR) is 81.6 cm³/mol. The molecule has 7 heteroatoms. The van der Waals surface area contributed by atoms with E-state index >= 15 is 0 Å².